The van der Waals surface area contributed by atoms with Crippen LogP contribution in [-0.4, -0.2) is 33.9 Å². The molecule has 0 fully saturated rings. The van der Waals surface area contributed by atoms with Crippen LogP contribution < -0.4 is 5.32 Å². The van der Waals surface area contributed by atoms with Crippen molar-refractivity contribution in [1.29, 1.82) is 0 Å². The minimum Gasteiger partial charge on any atom is -0.394 e. The third-order valence-electron chi connectivity index (χ3n) is 3.48. The van der Waals surface area contributed by atoms with Gasteiger partial charge < -0.3 is 10.4 Å². The van der Waals surface area contributed by atoms with Crippen LogP contribution in [-0.2, 0) is 0 Å². The zero-order valence-electron chi connectivity index (χ0n) is 11.6. The van der Waals surface area contributed by atoms with Crippen LogP contribution in [0.25, 0.3) is 11.3 Å². The number of hydrogen-bond acceptors (Lipinski definition) is 4. The Balaban J connectivity index is 2.06. The Hall–Kier alpha value is -1.66. The summed E-state index contributed by atoms with van der Waals surface area (Å²) >= 11 is 1.59. The quantitative estimate of drug-likeness (QED) is 0.764. The van der Waals surface area contributed by atoms with Gasteiger partial charge in [0.25, 0.3) is 5.91 Å². The summed E-state index contributed by atoms with van der Waals surface area (Å²) in [5.74, 6) is -0.0125. The van der Waals surface area contributed by atoms with E-state index in [-0.39, 0.29) is 24.5 Å². The van der Waals surface area contributed by atoms with Gasteiger partial charge in [-0.3, -0.25) is 9.89 Å². The summed E-state index contributed by atoms with van der Waals surface area (Å²) in [6.07, 6.45) is 0.897. The SMILES string of the molecule is CC[C@@H](C)[C@H](CO)NC(=O)c1cc(-c2ccsc2)n[nH]1. The number of carbonyl (C=O) groups is 1. The van der Waals surface area contributed by atoms with Crippen LogP contribution in [0.15, 0.2) is 22.9 Å². The molecule has 0 bridgehead atoms. The van der Waals surface area contributed by atoms with Crippen LogP contribution in [0.2, 0.25) is 0 Å². The van der Waals surface area contributed by atoms with E-state index in [1.165, 1.54) is 0 Å². The summed E-state index contributed by atoms with van der Waals surface area (Å²) in [6.45, 7) is 3.97. The second kappa shape index (κ2) is 6.67. The van der Waals surface area contributed by atoms with Gasteiger partial charge in [0.15, 0.2) is 0 Å². The molecule has 2 rings (SSSR count). The Kier molecular flexibility index (Phi) is 4.92. The number of thiophene rings is 1. The van der Waals surface area contributed by atoms with Gasteiger partial charge in [-0.15, -0.1) is 0 Å². The number of aliphatic hydroxyl groups is 1. The van der Waals surface area contributed by atoms with Crippen LogP contribution in [0.3, 0.4) is 0 Å². The van der Waals surface area contributed by atoms with Gasteiger partial charge in [-0.05, 0) is 23.4 Å². The summed E-state index contributed by atoms with van der Waals surface area (Å²) in [4.78, 5) is 12.1. The molecular weight excluding hydrogens is 274 g/mol. The molecule has 1 amide bonds. The monoisotopic (exact) mass is 293 g/mol. The minimum atomic E-state index is -0.238. The first kappa shape index (κ1) is 14.7. The Morgan fingerprint density at radius 3 is 3.00 bits per heavy atom. The van der Waals surface area contributed by atoms with Crippen molar-refractivity contribution in [3.63, 3.8) is 0 Å². The molecule has 0 unspecified atom stereocenters. The summed E-state index contributed by atoms with van der Waals surface area (Å²) in [7, 11) is 0. The van der Waals surface area contributed by atoms with Crippen molar-refractivity contribution >= 4 is 17.2 Å². The lowest BCUT2D eigenvalue weighted by molar-refractivity contribution is 0.0886. The standard InChI is InChI=1S/C14H19N3O2S/c1-3-9(2)13(7-18)15-14(19)12-6-11(16-17-12)10-4-5-20-8-10/h4-6,8-9,13,18H,3,7H2,1-2H3,(H,15,19)(H,16,17)/t9-,13+/m1/s1. The first-order valence-corrected chi connectivity index (χ1v) is 7.59. The lowest BCUT2D eigenvalue weighted by Gasteiger charge is -2.21. The number of aromatic nitrogens is 2. The zero-order valence-corrected chi connectivity index (χ0v) is 12.4. The van der Waals surface area contributed by atoms with Crippen LogP contribution in [0.1, 0.15) is 30.8 Å². The van der Waals surface area contributed by atoms with Crippen molar-refractivity contribution in [3.05, 3.63) is 28.6 Å². The number of hydrogen-bond donors (Lipinski definition) is 3. The third-order valence-corrected chi connectivity index (χ3v) is 4.17. The van der Waals surface area contributed by atoms with Crippen LogP contribution in [0, 0.1) is 5.92 Å². The first-order chi connectivity index (χ1) is 9.65. The molecule has 0 aliphatic heterocycles. The number of aliphatic hydroxyl groups excluding tert-OH is 1. The molecule has 20 heavy (non-hydrogen) atoms. The predicted molar refractivity (Wildman–Crippen MR) is 79.7 cm³/mol. The van der Waals surface area contributed by atoms with E-state index in [0.717, 1.165) is 17.7 Å². The van der Waals surface area contributed by atoms with E-state index in [2.05, 4.69) is 15.5 Å². The summed E-state index contributed by atoms with van der Waals surface area (Å²) in [6, 6.07) is 3.45. The van der Waals surface area contributed by atoms with Gasteiger partial charge >= 0.3 is 0 Å². The number of carbonyl (C=O) groups excluding carboxylic acids is 1. The largest absolute Gasteiger partial charge is 0.394 e. The van der Waals surface area contributed by atoms with E-state index in [1.807, 2.05) is 30.7 Å². The average Bonchev–Trinajstić information content (AvgIpc) is 3.13. The molecule has 2 heterocycles. The summed E-state index contributed by atoms with van der Waals surface area (Å²) in [5, 5.41) is 23.0. The molecule has 2 atom stereocenters. The van der Waals surface area contributed by atoms with E-state index >= 15 is 0 Å². The maximum absolute atomic E-state index is 12.1. The molecule has 0 aliphatic rings. The Labute approximate surface area is 122 Å². The lowest BCUT2D eigenvalue weighted by atomic mass is 10.00. The van der Waals surface area contributed by atoms with E-state index < -0.39 is 0 Å². The average molecular weight is 293 g/mol. The molecule has 0 aromatic carbocycles. The Bertz CT molecular complexity index is 551. The van der Waals surface area contributed by atoms with E-state index in [0.29, 0.717) is 5.69 Å². The van der Waals surface area contributed by atoms with Gasteiger partial charge in [0.2, 0.25) is 0 Å². The fourth-order valence-corrected chi connectivity index (χ4v) is 2.54. The highest BCUT2D eigenvalue weighted by Crippen LogP contribution is 2.20. The van der Waals surface area contributed by atoms with E-state index in [9.17, 15) is 9.90 Å². The van der Waals surface area contributed by atoms with Crippen molar-refractivity contribution < 1.29 is 9.90 Å². The van der Waals surface area contributed by atoms with Gasteiger partial charge in [-0.2, -0.15) is 16.4 Å². The molecule has 0 aliphatic carbocycles. The molecule has 0 spiro atoms. The van der Waals surface area contributed by atoms with Crippen LogP contribution >= 0.6 is 11.3 Å². The molecule has 0 radical (unpaired) electrons. The van der Waals surface area contributed by atoms with Gasteiger partial charge in [-0.25, -0.2) is 0 Å². The number of nitrogens with zero attached hydrogens (tertiary/aromatic N) is 1. The van der Waals surface area contributed by atoms with Crippen molar-refractivity contribution in [2.45, 2.75) is 26.3 Å². The summed E-state index contributed by atoms with van der Waals surface area (Å²) in [5.41, 5.74) is 2.15. The molecular formula is C14H19N3O2S. The second-order valence-electron chi connectivity index (χ2n) is 4.83. The fraction of sp³-hybridized carbons (Fsp3) is 0.429. The van der Waals surface area contributed by atoms with Crippen LogP contribution in [0.5, 0.6) is 0 Å². The molecule has 0 saturated heterocycles. The van der Waals surface area contributed by atoms with Crippen molar-refractivity contribution in [3.8, 4) is 11.3 Å². The third kappa shape index (κ3) is 3.26. The van der Waals surface area contributed by atoms with Crippen molar-refractivity contribution in [2.24, 2.45) is 5.92 Å². The number of nitrogens with one attached hydrogen (secondary N) is 2. The number of aromatic amines is 1. The molecule has 108 valence electrons. The highest BCUT2D eigenvalue weighted by molar-refractivity contribution is 7.08. The highest BCUT2D eigenvalue weighted by Gasteiger charge is 2.19. The van der Waals surface area contributed by atoms with Crippen molar-refractivity contribution in [2.75, 3.05) is 6.61 Å². The lowest BCUT2D eigenvalue weighted by Crippen LogP contribution is -2.42. The van der Waals surface area contributed by atoms with Crippen molar-refractivity contribution in [1.82, 2.24) is 15.5 Å². The van der Waals surface area contributed by atoms with Crippen LogP contribution in [0.4, 0.5) is 0 Å². The van der Waals surface area contributed by atoms with Gasteiger partial charge in [0, 0.05) is 10.9 Å². The zero-order chi connectivity index (χ0) is 14.5. The smallest absolute Gasteiger partial charge is 0.269 e. The minimum absolute atomic E-state index is 0.0632. The predicted octanol–water partition coefficient (Wildman–Crippen LogP) is 2.27. The summed E-state index contributed by atoms with van der Waals surface area (Å²) < 4.78 is 0. The van der Waals surface area contributed by atoms with E-state index in [4.69, 9.17) is 0 Å². The highest BCUT2D eigenvalue weighted by atomic mass is 32.1. The van der Waals surface area contributed by atoms with Gasteiger partial charge in [-0.1, -0.05) is 20.3 Å². The molecule has 6 heteroatoms. The molecule has 0 saturated carbocycles. The molecule has 2 aromatic rings. The molecule has 3 N–H and O–H groups in total. The maximum Gasteiger partial charge on any atom is 0.269 e. The maximum atomic E-state index is 12.1. The van der Waals surface area contributed by atoms with E-state index in [1.54, 1.807) is 17.4 Å². The molecule has 5 nitrogen and oxygen atoms in total. The normalized spacial score (nSPS) is 13.9. The first-order valence-electron chi connectivity index (χ1n) is 6.65. The Morgan fingerprint density at radius 1 is 1.60 bits per heavy atom. The fourth-order valence-electron chi connectivity index (χ4n) is 1.89. The molecule has 2 aromatic heterocycles. The Morgan fingerprint density at radius 2 is 2.40 bits per heavy atom. The van der Waals surface area contributed by atoms with Gasteiger partial charge in [0.1, 0.15) is 5.69 Å². The second-order valence-corrected chi connectivity index (χ2v) is 5.61. The van der Waals surface area contributed by atoms with Gasteiger partial charge in [0.05, 0.1) is 18.3 Å². The number of amides is 1. The number of H-pyrrole nitrogens is 1. The topological polar surface area (TPSA) is 78.0 Å². The number of rotatable bonds is 6.